The number of fused-ring (bicyclic) bond motifs is 1. The first-order chi connectivity index (χ1) is 10.1. The Hall–Kier alpha value is -1.78. The highest BCUT2D eigenvalue weighted by molar-refractivity contribution is 6.31. The van der Waals surface area contributed by atoms with Gasteiger partial charge in [0.1, 0.15) is 25.1 Å². The quantitative estimate of drug-likeness (QED) is 0.920. The van der Waals surface area contributed by atoms with Gasteiger partial charge in [0.2, 0.25) is 0 Å². The molecule has 0 bridgehead atoms. The highest BCUT2D eigenvalue weighted by atomic mass is 35.5. The van der Waals surface area contributed by atoms with Crippen LogP contribution >= 0.6 is 11.6 Å². The second kappa shape index (κ2) is 5.54. The summed E-state index contributed by atoms with van der Waals surface area (Å²) in [5.74, 6) is 0.690. The molecule has 110 valence electrons. The summed E-state index contributed by atoms with van der Waals surface area (Å²) in [5.41, 5.74) is 1.73. The van der Waals surface area contributed by atoms with Crippen molar-refractivity contribution in [2.75, 3.05) is 13.2 Å². The zero-order valence-corrected chi connectivity index (χ0v) is 12.2. The van der Waals surface area contributed by atoms with Crippen LogP contribution in [0.1, 0.15) is 22.8 Å². The van der Waals surface area contributed by atoms with E-state index < -0.39 is 11.9 Å². The molecule has 0 amide bonds. The molecule has 0 spiro atoms. The van der Waals surface area contributed by atoms with Crippen molar-refractivity contribution in [3.63, 3.8) is 0 Å². The second-order valence-electron chi connectivity index (χ2n) is 4.92. The Labute approximate surface area is 126 Å². The molecule has 0 aliphatic carbocycles. The standard InChI is InChI=1S/C16H14ClFO3/c1-9-2-3-10(18)6-11(9)16(19)12-7-14-15(8-13(12)17)21-5-4-20-14/h2-3,6-8,16,19H,4-5H2,1H3. The Morgan fingerprint density at radius 1 is 1.10 bits per heavy atom. The van der Waals surface area contributed by atoms with Gasteiger partial charge in [-0.15, -0.1) is 0 Å². The third kappa shape index (κ3) is 2.69. The van der Waals surface area contributed by atoms with Crippen LogP contribution in [0.25, 0.3) is 0 Å². The fourth-order valence-corrected chi connectivity index (χ4v) is 2.62. The maximum absolute atomic E-state index is 13.4. The average Bonchev–Trinajstić information content (AvgIpc) is 2.48. The third-order valence-electron chi connectivity index (χ3n) is 3.49. The molecule has 21 heavy (non-hydrogen) atoms. The zero-order chi connectivity index (χ0) is 15.0. The summed E-state index contributed by atoms with van der Waals surface area (Å²) in [6, 6.07) is 7.55. The molecule has 3 rings (SSSR count). The summed E-state index contributed by atoms with van der Waals surface area (Å²) in [5, 5.41) is 10.9. The summed E-state index contributed by atoms with van der Waals surface area (Å²) in [6.07, 6.45) is -1.02. The smallest absolute Gasteiger partial charge is 0.162 e. The van der Waals surface area contributed by atoms with Gasteiger partial charge in [0.05, 0.1) is 5.02 Å². The first-order valence-electron chi connectivity index (χ1n) is 6.59. The number of ether oxygens (including phenoxy) is 2. The predicted molar refractivity (Wildman–Crippen MR) is 77.6 cm³/mol. The molecule has 2 aromatic rings. The van der Waals surface area contributed by atoms with Gasteiger partial charge in [-0.2, -0.15) is 0 Å². The zero-order valence-electron chi connectivity index (χ0n) is 11.4. The summed E-state index contributed by atoms with van der Waals surface area (Å²) in [7, 11) is 0. The number of aliphatic hydroxyl groups excluding tert-OH is 1. The molecule has 2 aromatic carbocycles. The molecule has 5 heteroatoms. The molecule has 3 nitrogen and oxygen atoms in total. The van der Waals surface area contributed by atoms with Crippen molar-refractivity contribution in [2.24, 2.45) is 0 Å². The van der Waals surface area contributed by atoms with Gasteiger partial charge in [-0.25, -0.2) is 4.39 Å². The SMILES string of the molecule is Cc1ccc(F)cc1C(O)c1cc2c(cc1Cl)OCCO2. The van der Waals surface area contributed by atoms with Crippen molar-refractivity contribution < 1.29 is 19.0 Å². The van der Waals surface area contributed by atoms with Crippen LogP contribution in [0.15, 0.2) is 30.3 Å². The minimum Gasteiger partial charge on any atom is -0.486 e. The molecule has 0 saturated heterocycles. The molecule has 0 fully saturated rings. The summed E-state index contributed by atoms with van der Waals surface area (Å²) >= 11 is 6.21. The van der Waals surface area contributed by atoms with Crippen molar-refractivity contribution in [1.29, 1.82) is 0 Å². The Morgan fingerprint density at radius 3 is 2.48 bits per heavy atom. The van der Waals surface area contributed by atoms with Gasteiger partial charge < -0.3 is 14.6 Å². The lowest BCUT2D eigenvalue weighted by Crippen LogP contribution is -2.16. The lowest BCUT2D eigenvalue weighted by Gasteiger charge is -2.22. The van der Waals surface area contributed by atoms with Crippen LogP contribution in [0, 0.1) is 12.7 Å². The number of benzene rings is 2. The largest absolute Gasteiger partial charge is 0.486 e. The molecule has 1 atom stereocenters. The van der Waals surface area contributed by atoms with E-state index in [2.05, 4.69) is 0 Å². The van der Waals surface area contributed by atoms with E-state index in [-0.39, 0.29) is 0 Å². The van der Waals surface area contributed by atoms with Crippen molar-refractivity contribution in [3.05, 3.63) is 57.9 Å². The van der Waals surface area contributed by atoms with E-state index in [0.717, 1.165) is 5.56 Å². The summed E-state index contributed by atoms with van der Waals surface area (Å²) in [4.78, 5) is 0. The van der Waals surface area contributed by atoms with Gasteiger partial charge in [-0.3, -0.25) is 0 Å². The van der Waals surface area contributed by atoms with Gasteiger partial charge in [0.15, 0.2) is 11.5 Å². The van der Waals surface area contributed by atoms with E-state index in [4.69, 9.17) is 21.1 Å². The third-order valence-corrected chi connectivity index (χ3v) is 3.82. The van der Waals surface area contributed by atoms with E-state index in [9.17, 15) is 9.50 Å². The Kier molecular flexibility index (Phi) is 3.74. The van der Waals surface area contributed by atoms with Gasteiger partial charge in [0, 0.05) is 11.6 Å². The van der Waals surface area contributed by atoms with Crippen LogP contribution in [0.4, 0.5) is 4.39 Å². The summed E-state index contributed by atoms with van der Waals surface area (Å²) in [6.45, 7) is 2.72. The summed E-state index contributed by atoms with van der Waals surface area (Å²) < 4.78 is 24.3. The number of hydrogen-bond donors (Lipinski definition) is 1. The van der Waals surface area contributed by atoms with Crippen LogP contribution < -0.4 is 9.47 Å². The van der Waals surface area contributed by atoms with Gasteiger partial charge in [-0.1, -0.05) is 17.7 Å². The van der Waals surface area contributed by atoms with Crippen molar-refractivity contribution in [1.82, 2.24) is 0 Å². The normalized spacial score (nSPS) is 14.9. The van der Waals surface area contributed by atoms with E-state index in [1.165, 1.54) is 12.1 Å². The maximum Gasteiger partial charge on any atom is 0.162 e. The van der Waals surface area contributed by atoms with E-state index in [1.54, 1.807) is 18.2 Å². The van der Waals surface area contributed by atoms with Gasteiger partial charge >= 0.3 is 0 Å². The van der Waals surface area contributed by atoms with Crippen LogP contribution in [0.5, 0.6) is 11.5 Å². The number of halogens is 2. The van der Waals surface area contributed by atoms with Crippen LogP contribution in [-0.4, -0.2) is 18.3 Å². The molecule has 0 radical (unpaired) electrons. The molecule has 0 aromatic heterocycles. The molecule has 1 aliphatic rings. The molecule has 1 unspecified atom stereocenters. The number of rotatable bonds is 2. The Bertz CT molecular complexity index is 687. The fraction of sp³-hybridized carbons (Fsp3) is 0.250. The predicted octanol–water partition coefficient (Wildman–Crippen LogP) is 3.64. The minimum absolute atomic E-state index is 0.357. The fourth-order valence-electron chi connectivity index (χ4n) is 2.36. The van der Waals surface area contributed by atoms with Crippen molar-refractivity contribution >= 4 is 11.6 Å². The lowest BCUT2D eigenvalue weighted by molar-refractivity contribution is 0.169. The first kappa shape index (κ1) is 14.2. The Morgan fingerprint density at radius 2 is 1.76 bits per heavy atom. The maximum atomic E-state index is 13.4. The van der Waals surface area contributed by atoms with Crippen LogP contribution in [-0.2, 0) is 0 Å². The molecule has 0 saturated carbocycles. The van der Waals surface area contributed by atoms with Gasteiger partial charge in [-0.05, 0) is 36.2 Å². The highest BCUT2D eigenvalue weighted by Crippen LogP contribution is 2.39. The lowest BCUT2D eigenvalue weighted by atomic mass is 9.97. The van der Waals surface area contributed by atoms with Crippen molar-refractivity contribution in [2.45, 2.75) is 13.0 Å². The monoisotopic (exact) mass is 308 g/mol. The number of aryl methyl sites for hydroxylation is 1. The van der Waals surface area contributed by atoms with Gasteiger partial charge in [0.25, 0.3) is 0 Å². The second-order valence-corrected chi connectivity index (χ2v) is 5.33. The van der Waals surface area contributed by atoms with E-state index >= 15 is 0 Å². The van der Waals surface area contributed by atoms with E-state index in [0.29, 0.717) is 40.9 Å². The topological polar surface area (TPSA) is 38.7 Å². The molecule has 1 N–H and O–H groups in total. The molecular weight excluding hydrogens is 295 g/mol. The van der Waals surface area contributed by atoms with E-state index in [1.807, 2.05) is 6.92 Å². The number of hydrogen-bond acceptors (Lipinski definition) is 3. The molecular formula is C16H14ClFO3. The minimum atomic E-state index is -1.02. The first-order valence-corrected chi connectivity index (χ1v) is 6.97. The van der Waals surface area contributed by atoms with Crippen LogP contribution in [0.2, 0.25) is 5.02 Å². The molecule has 1 heterocycles. The highest BCUT2D eigenvalue weighted by Gasteiger charge is 2.21. The Balaban J connectivity index is 2.05. The average molecular weight is 309 g/mol. The van der Waals surface area contributed by atoms with Crippen molar-refractivity contribution in [3.8, 4) is 11.5 Å². The molecule has 1 aliphatic heterocycles. The van der Waals surface area contributed by atoms with Crippen LogP contribution in [0.3, 0.4) is 0 Å². The number of aliphatic hydroxyl groups is 1.